The topological polar surface area (TPSA) is 38.7 Å². The zero-order valence-corrected chi connectivity index (χ0v) is 13.0. The zero-order valence-electron chi connectivity index (χ0n) is 13.0. The molecule has 0 saturated carbocycles. The van der Waals surface area contributed by atoms with E-state index in [4.69, 9.17) is 9.31 Å². The van der Waals surface area contributed by atoms with Crippen molar-refractivity contribution in [1.29, 1.82) is 0 Å². The van der Waals surface area contributed by atoms with Crippen molar-refractivity contribution >= 4 is 23.4 Å². The number of fused-ring (bicyclic) bond motifs is 1. The smallest absolute Gasteiger partial charge is 0.399 e. The van der Waals surface area contributed by atoms with Gasteiger partial charge in [-0.1, -0.05) is 36.4 Å². The van der Waals surface area contributed by atoms with Crippen LogP contribution >= 0.6 is 0 Å². The van der Waals surface area contributed by atoms with Gasteiger partial charge in [0.15, 0.2) is 0 Å². The van der Waals surface area contributed by atoms with E-state index in [2.05, 4.69) is 33.8 Å². The van der Waals surface area contributed by atoms with E-state index in [0.717, 1.165) is 21.8 Å². The van der Waals surface area contributed by atoms with Gasteiger partial charge in [0.05, 0.1) is 17.8 Å². The average molecular weight is 284 g/mol. The number of aliphatic hydroxyl groups excluding tert-OH is 1. The first-order valence-electron chi connectivity index (χ1n) is 7.33. The Morgan fingerprint density at radius 3 is 2.10 bits per heavy atom. The van der Waals surface area contributed by atoms with Crippen molar-refractivity contribution in [3.63, 3.8) is 0 Å². The average Bonchev–Trinajstić information content (AvgIpc) is 2.66. The van der Waals surface area contributed by atoms with Crippen LogP contribution in [-0.2, 0) is 15.9 Å². The third kappa shape index (κ3) is 2.28. The number of hydrogen-bond donors (Lipinski definition) is 1. The Hall–Kier alpha value is -1.36. The van der Waals surface area contributed by atoms with Crippen LogP contribution < -0.4 is 5.46 Å². The Morgan fingerprint density at radius 2 is 1.48 bits per heavy atom. The van der Waals surface area contributed by atoms with E-state index in [1.165, 1.54) is 0 Å². The normalized spacial score (nSPS) is 20.1. The van der Waals surface area contributed by atoms with Crippen molar-refractivity contribution in [1.82, 2.24) is 0 Å². The molecule has 0 bridgehead atoms. The van der Waals surface area contributed by atoms with Gasteiger partial charge in [-0.05, 0) is 49.5 Å². The minimum absolute atomic E-state index is 0.0319. The van der Waals surface area contributed by atoms with Crippen molar-refractivity contribution in [2.24, 2.45) is 0 Å². The molecule has 1 aliphatic rings. The minimum Gasteiger partial charge on any atom is -0.399 e. The van der Waals surface area contributed by atoms with E-state index in [0.29, 0.717) is 0 Å². The molecule has 110 valence electrons. The van der Waals surface area contributed by atoms with Gasteiger partial charge in [-0.15, -0.1) is 0 Å². The van der Waals surface area contributed by atoms with Crippen molar-refractivity contribution in [3.8, 4) is 0 Å². The van der Waals surface area contributed by atoms with Gasteiger partial charge in [0.1, 0.15) is 0 Å². The lowest BCUT2D eigenvalue weighted by molar-refractivity contribution is 0.00578. The summed E-state index contributed by atoms with van der Waals surface area (Å²) >= 11 is 0. The molecule has 1 N–H and O–H groups in total. The van der Waals surface area contributed by atoms with E-state index in [1.807, 2.05) is 30.3 Å². The fourth-order valence-corrected chi connectivity index (χ4v) is 2.71. The first-order valence-corrected chi connectivity index (χ1v) is 7.33. The van der Waals surface area contributed by atoms with Gasteiger partial charge in [-0.3, -0.25) is 0 Å². The van der Waals surface area contributed by atoms with Crippen LogP contribution in [0, 0.1) is 0 Å². The highest BCUT2D eigenvalue weighted by Gasteiger charge is 2.52. The molecular formula is C17H21BO3. The first kappa shape index (κ1) is 14.6. The van der Waals surface area contributed by atoms with E-state index in [9.17, 15) is 5.11 Å². The summed E-state index contributed by atoms with van der Waals surface area (Å²) in [5.41, 5.74) is 1.23. The number of aliphatic hydroxyl groups is 1. The van der Waals surface area contributed by atoms with Crippen LogP contribution in [0.1, 0.15) is 33.3 Å². The Morgan fingerprint density at radius 1 is 0.905 bits per heavy atom. The third-order valence-corrected chi connectivity index (χ3v) is 4.72. The molecule has 0 spiro atoms. The second-order valence-electron chi connectivity index (χ2n) is 6.61. The Balaban J connectivity index is 2.11. The van der Waals surface area contributed by atoms with Gasteiger partial charge in [0.25, 0.3) is 0 Å². The van der Waals surface area contributed by atoms with Crippen LogP contribution in [-0.4, -0.2) is 23.4 Å². The van der Waals surface area contributed by atoms with Gasteiger partial charge in [-0.2, -0.15) is 0 Å². The van der Waals surface area contributed by atoms with Crippen LogP contribution in [0.25, 0.3) is 10.8 Å². The molecule has 0 aromatic heterocycles. The molecule has 21 heavy (non-hydrogen) atoms. The molecular weight excluding hydrogens is 263 g/mol. The molecule has 0 unspecified atom stereocenters. The summed E-state index contributed by atoms with van der Waals surface area (Å²) in [5, 5.41) is 11.6. The number of rotatable bonds is 2. The van der Waals surface area contributed by atoms with E-state index in [1.54, 1.807) is 0 Å². The molecule has 4 heteroatoms. The van der Waals surface area contributed by atoms with Crippen LogP contribution in [0.15, 0.2) is 36.4 Å². The lowest BCUT2D eigenvalue weighted by atomic mass is 9.75. The summed E-state index contributed by atoms with van der Waals surface area (Å²) in [6.45, 7) is 8.24. The van der Waals surface area contributed by atoms with Gasteiger partial charge in [-0.25, -0.2) is 0 Å². The second kappa shape index (κ2) is 4.84. The van der Waals surface area contributed by atoms with Crippen LogP contribution in [0.4, 0.5) is 0 Å². The summed E-state index contributed by atoms with van der Waals surface area (Å²) in [6.07, 6.45) is 0. The summed E-state index contributed by atoms with van der Waals surface area (Å²) in [6, 6.07) is 12.0. The maximum atomic E-state index is 9.50. The van der Waals surface area contributed by atoms with Crippen LogP contribution in [0.2, 0.25) is 0 Å². The monoisotopic (exact) mass is 284 g/mol. The molecule has 1 aliphatic heterocycles. The maximum absolute atomic E-state index is 9.50. The van der Waals surface area contributed by atoms with E-state index >= 15 is 0 Å². The molecule has 2 aromatic rings. The summed E-state index contributed by atoms with van der Waals surface area (Å²) < 4.78 is 12.3. The largest absolute Gasteiger partial charge is 0.495 e. The SMILES string of the molecule is CC1(C)OB(c2cccc3c(CO)cccc23)OC1(C)C. The zero-order chi connectivity index (χ0) is 15.3. The summed E-state index contributed by atoms with van der Waals surface area (Å²) in [5.74, 6) is 0. The quantitative estimate of drug-likeness (QED) is 0.862. The Labute approximate surface area is 126 Å². The molecule has 0 aliphatic carbocycles. The van der Waals surface area contributed by atoms with Gasteiger partial charge in [0, 0.05) is 0 Å². The predicted molar refractivity (Wildman–Crippen MR) is 85.6 cm³/mol. The highest BCUT2D eigenvalue weighted by atomic mass is 16.7. The fraction of sp³-hybridized carbons (Fsp3) is 0.412. The van der Waals surface area contributed by atoms with Crippen LogP contribution in [0.5, 0.6) is 0 Å². The second-order valence-corrected chi connectivity index (χ2v) is 6.61. The van der Waals surface area contributed by atoms with Crippen molar-refractivity contribution in [3.05, 3.63) is 42.0 Å². The highest BCUT2D eigenvalue weighted by Crippen LogP contribution is 2.37. The maximum Gasteiger partial charge on any atom is 0.495 e. The van der Waals surface area contributed by atoms with Crippen molar-refractivity contribution < 1.29 is 14.4 Å². The number of hydrogen-bond acceptors (Lipinski definition) is 3. The van der Waals surface area contributed by atoms with Gasteiger partial charge < -0.3 is 14.4 Å². The van der Waals surface area contributed by atoms with Crippen molar-refractivity contribution in [2.75, 3.05) is 0 Å². The molecule has 3 nitrogen and oxygen atoms in total. The van der Waals surface area contributed by atoms with Gasteiger partial charge >= 0.3 is 7.12 Å². The summed E-state index contributed by atoms with van der Waals surface area (Å²) in [4.78, 5) is 0. The van der Waals surface area contributed by atoms with E-state index in [-0.39, 0.29) is 24.9 Å². The lowest BCUT2D eigenvalue weighted by Crippen LogP contribution is -2.41. The third-order valence-electron chi connectivity index (χ3n) is 4.72. The van der Waals surface area contributed by atoms with Crippen molar-refractivity contribution in [2.45, 2.75) is 45.5 Å². The predicted octanol–water partition coefficient (Wildman–Crippen LogP) is 2.63. The molecule has 3 rings (SSSR count). The Kier molecular flexibility index (Phi) is 3.36. The fourth-order valence-electron chi connectivity index (χ4n) is 2.71. The Bertz CT molecular complexity index is 663. The molecule has 1 saturated heterocycles. The molecule has 1 heterocycles. The minimum atomic E-state index is -0.382. The van der Waals surface area contributed by atoms with E-state index < -0.39 is 0 Å². The lowest BCUT2D eigenvalue weighted by Gasteiger charge is -2.32. The highest BCUT2D eigenvalue weighted by molar-refractivity contribution is 6.65. The molecule has 1 fully saturated rings. The summed E-state index contributed by atoms with van der Waals surface area (Å²) in [7, 11) is -0.382. The standard InChI is InChI=1S/C17H21BO3/c1-16(2)17(3,4)21-18(20-16)15-10-6-8-13-12(11-19)7-5-9-14(13)15/h5-10,19H,11H2,1-4H3. The van der Waals surface area contributed by atoms with Gasteiger partial charge in [0.2, 0.25) is 0 Å². The molecule has 0 atom stereocenters. The van der Waals surface area contributed by atoms with Crippen LogP contribution in [0.3, 0.4) is 0 Å². The first-order chi connectivity index (χ1) is 9.86. The molecule has 2 aromatic carbocycles. The number of benzene rings is 2. The molecule has 0 amide bonds. The molecule has 0 radical (unpaired) electrons.